The lowest BCUT2D eigenvalue weighted by Gasteiger charge is -2.33. The van der Waals surface area contributed by atoms with E-state index in [1.165, 1.54) is 6.07 Å². The summed E-state index contributed by atoms with van der Waals surface area (Å²) in [4.78, 5) is 13.6. The highest BCUT2D eigenvalue weighted by Gasteiger charge is 2.38. The number of nitrogens with one attached hydrogen (secondary N) is 1. The van der Waals surface area contributed by atoms with Gasteiger partial charge in [0.25, 0.3) is 0 Å². The lowest BCUT2D eigenvalue weighted by atomic mass is 9.79. The zero-order valence-electron chi connectivity index (χ0n) is 13.3. The Hall–Kier alpha value is -1.89. The molecule has 1 aromatic rings. The van der Waals surface area contributed by atoms with Gasteiger partial charge < -0.3 is 10.1 Å². The molecule has 2 heterocycles. The Kier molecular flexibility index (Phi) is 4.27. The fourth-order valence-corrected chi connectivity index (χ4v) is 4.97. The molecule has 3 nitrogen and oxygen atoms in total. The van der Waals surface area contributed by atoms with Crippen molar-refractivity contribution in [2.24, 2.45) is 0 Å². The molecule has 0 bridgehead atoms. The molecule has 1 aromatic carbocycles. The van der Waals surface area contributed by atoms with Gasteiger partial charge in [0, 0.05) is 40.0 Å². The van der Waals surface area contributed by atoms with E-state index in [1.807, 2.05) is 0 Å². The summed E-state index contributed by atoms with van der Waals surface area (Å²) in [5.41, 5.74) is 3.31. The molecule has 2 aliphatic heterocycles. The van der Waals surface area contributed by atoms with E-state index in [0.717, 1.165) is 47.4 Å². The maximum atomic E-state index is 13.8. The summed E-state index contributed by atoms with van der Waals surface area (Å²) in [6.45, 7) is -3.10. The molecule has 0 fully saturated rings. The third-order valence-corrected chi connectivity index (χ3v) is 5.92. The van der Waals surface area contributed by atoms with Crippen LogP contribution in [0, 0.1) is 5.82 Å². The second kappa shape index (κ2) is 6.44. The lowest BCUT2D eigenvalue weighted by Crippen LogP contribution is -2.30. The van der Waals surface area contributed by atoms with Crippen molar-refractivity contribution in [1.29, 1.82) is 0 Å². The molecule has 0 amide bonds. The highest BCUT2D eigenvalue weighted by atomic mass is 32.2. The molecule has 1 N–H and O–H groups in total. The smallest absolute Gasteiger partial charge is 0.387 e. The van der Waals surface area contributed by atoms with Crippen LogP contribution in [0.3, 0.4) is 0 Å². The van der Waals surface area contributed by atoms with Crippen LogP contribution in [-0.2, 0) is 4.79 Å². The second-order valence-electron chi connectivity index (χ2n) is 6.24. The first-order chi connectivity index (χ1) is 12.0. The summed E-state index contributed by atoms with van der Waals surface area (Å²) < 4.78 is 43.2. The summed E-state index contributed by atoms with van der Waals surface area (Å²) in [5, 5.41) is 3.40. The number of ketones is 1. The predicted octanol–water partition coefficient (Wildman–Crippen LogP) is 4.47. The Bertz CT molecular complexity index is 804. The first kappa shape index (κ1) is 16.6. The van der Waals surface area contributed by atoms with E-state index < -0.39 is 18.2 Å². The molecule has 0 radical (unpaired) electrons. The van der Waals surface area contributed by atoms with Crippen molar-refractivity contribution in [3.8, 4) is 5.75 Å². The second-order valence-corrected chi connectivity index (χ2v) is 7.37. The summed E-state index contributed by atoms with van der Waals surface area (Å²) in [5.74, 6) is -0.674. The van der Waals surface area contributed by atoms with Crippen molar-refractivity contribution in [3.05, 3.63) is 51.5 Å². The summed E-state index contributed by atoms with van der Waals surface area (Å²) >= 11 is 1.66. The monoisotopic (exact) mass is 367 g/mol. The minimum Gasteiger partial charge on any atom is -0.432 e. The Morgan fingerprint density at radius 3 is 2.84 bits per heavy atom. The average Bonchev–Trinajstić information content (AvgIpc) is 3.03. The number of allylic oxidation sites excluding steroid dienone is 4. The number of thioether (sulfide) groups is 1. The van der Waals surface area contributed by atoms with Gasteiger partial charge >= 0.3 is 6.61 Å². The first-order valence-corrected chi connectivity index (χ1v) is 9.16. The molecule has 1 unspecified atom stereocenters. The van der Waals surface area contributed by atoms with Gasteiger partial charge in [-0.2, -0.15) is 8.78 Å². The molecule has 132 valence electrons. The van der Waals surface area contributed by atoms with Crippen molar-refractivity contribution in [2.45, 2.75) is 38.2 Å². The topological polar surface area (TPSA) is 38.3 Å². The van der Waals surface area contributed by atoms with Gasteiger partial charge in [0.05, 0.1) is 0 Å². The highest BCUT2D eigenvalue weighted by molar-refractivity contribution is 8.03. The number of carbonyl (C=O) groups excluding carboxylic acids is 1. The number of ether oxygens (including phenoxy) is 1. The number of dihydropyridines is 1. The van der Waals surface area contributed by atoms with Crippen molar-refractivity contribution in [2.75, 3.05) is 5.75 Å². The van der Waals surface area contributed by atoms with Gasteiger partial charge in [0.2, 0.25) is 0 Å². The molecule has 4 rings (SSSR count). The first-order valence-electron chi connectivity index (χ1n) is 8.18. The Balaban J connectivity index is 1.82. The lowest BCUT2D eigenvalue weighted by molar-refractivity contribution is -0.116. The number of hydrogen-bond acceptors (Lipinski definition) is 4. The molecule has 0 spiro atoms. The van der Waals surface area contributed by atoms with Crippen LogP contribution >= 0.6 is 11.8 Å². The number of hydrogen-bond donors (Lipinski definition) is 1. The normalized spacial score (nSPS) is 22.9. The number of Topliss-reactive ketones (excluding diaryl/α,β-unsaturated/α-hetero) is 1. The van der Waals surface area contributed by atoms with Crippen LogP contribution in [0.1, 0.15) is 37.2 Å². The number of alkyl halides is 2. The molecule has 1 aliphatic carbocycles. The van der Waals surface area contributed by atoms with E-state index in [1.54, 1.807) is 17.8 Å². The van der Waals surface area contributed by atoms with Gasteiger partial charge in [-0.15, -0.1) is 11.8 Å². The molecule has 0 saturated carbocycles. The van der Waals surface area contributed by atoms with E-state index >= 15 is 0 Å². The van der Waals surface area contributed by atoms with Gasteiger partial charge in [-0.3, -0.25) is 4.79 Å². The van der Waals surface area contributed by atoms with Crippen LogP contribution in [0.5, 0.6) is 5.75 Å². The standard InChI is InChI=1S/C18H16F3NO2S/c19-10-5-4-9(8-14(10)24-18(20)21)15-16-11(2-1-3-13(16)23)22-12-6-7-25-17(12)15/h4-5,8,15,18,22H,1-3,6-7H2. The number of halogens is 3. The predicted molar refractivity (Wildman–Crippen MR) is 88.9 cm³/mol. The van der Waals surface area contributed by atoms with E-state index in [0.29, 0.717) is 17.6 Å². The van der Waals surface area contributed by atoms with Crippen LogP contribution in [-0.4, -0.2) is 18.1 Å². The maximum Gasteiger partial charge on any atom is 0.387 e. The molecule has 25 heavy (non-hydrogen) atoms. The quantitative estimate of drug-likeness (QED) is 0.856. The fourth-order valence-electron chi connectivity index (χ4n) is 3.70. The van der Waals surface area contributed by atoms with E-state index in [4.69, 9.17) is 0 Å². The molecular formula is C18H16F3NO2S. The van der Waals surface area contributed by atoms with Gasteiger partial charge in [-0.25, -0.2) is 4.39 Å². The van der Waals surface area contributed by atoms with Crippen molar-refractivity contribution < 1.29 is 22.7 Å². The Morgan fingerprint density at radius 1 is 1.20 bits per heavy atom. The minimum absolute atomic E-state index is 0.0680. The molecule has 7 heteroatoms. The summed E-state index contributed by atoms with van der Waals surface area (Å²) in [7, 11) is 0. The molecular weight excluding hydrogens is 351 g/mol. The van der Waals surface area contributed by atoms with E-state index in [9.17, 15) is 18.0 Å². The van der Waals surface area contributed by atoms with E-state index in [2.05, 4.69) is 10.1 Å². The van der Waals surface area contributed by atoms with Gasteiger partial charge in [0.15, 0.2) is 17.3 Å². The highest BCUT2D eigenvalue weighted by Crippen LogP contribution is 2.50. The van der Waals surface area contributed by atoms with Crippen molar-refractivity contribution in [1.82, 2.24) is 5.32 Å². The van der Waals surface area contributed by atoms with Crippen LogP contribution in [0.4, 0.5) is 13.2 Å². The maximum absolute atomic E-state index is 13.8. The SMILES string of the molecule is O=C1CCCC2=C1C(c1ccc(F)c(OC(F)F)c1)C1=C(CCS1)N2. The van der Waals surface area contributed by atoms with Crippen molar-refractivity contribution >= 4 is 17.5 Å². The number of benzene rings is 1. The molecule has 0 aromatic heterocycles. The van der Waals surface area contributed by atoms with Gasteiger partial charge in [0.1, 0.15) is 0 Å². The van der Waals surface area contributed by atoms with Crippen LogP contribution in [0.2, 0.25) is 0 Å². The van der Waals surface area contributed by atoms with Crippen molar-refractivity contribution in [3.63, 3.8) is 0 Å². The zero-order valence-corrected chi connectivity index (χ0v) is 14.1. The summed E-state index contributed by atoms with van der Waals surface area (Å²) in [6, 6.07) is 3.98. The van der Waals surface area contributed by atoms with Crippen LogP contribution < -0.4 is 10.1 Å². The molecule has 3 aliphatic rings. The fraction of sp³-hybridized carbons (Fsp3) is 0.389. The van der Waals surface area contributed by atoms with Crippen LogP contribution in [0.15, 0.2) is 40.1 Å². The largest absolute Gasteiger partial charge is 0.432 e. The number of carbonyl (C=O) groups is 1. The van der Waals surface area contributed by atoms with E-state index in [-0.39, 0.29) is 11.7 Å². The summed E-state index contributed by atoms with van der Waals surface area (Å²) in [6.07, 6.45) is 2.95. The third-order valence-electron chi connectivity index (χ3n) is 4.72. The Labute approximate surface area is 147 Å². The average molecular weight is 367 g/mol. The Morgan fingerprint density at radius 2 is 2.04 bits per heavy atom. The molecule has 1 atom stereocenters. The van der Waals surface area contributed by atoms with Gasteiger partial charge in [-0.1, -0.05) is 6.07 Å². The molecule has 0 saturated heterocycles. The van der Waals surface area contributed by atoms with Crippen LogP contribution in [0.25, 0.3) is 0 Å². The number of rotatable bonds is 3. The zero-order chi connectivity index (χ0) is 17.6. The van der Waals surface area contributed by atoms with Gasteiger partial charge in [-0.05, 0) is 37.0 Å². The minimum atomic E-state index is -3.10. The third kappa shape index (κ3) is 2.94.